The van der Waals surface area contributed by atoms with E-state index in [0.717, 1.165) is 16.9 Å². The quantitative estimate of drug-likeness (QED) is 0.656. The molecule has 1 amide bonds. The molecule has 0 saturated heterocycles. The van der Waals surface area contributed by atoms with Crippen molar-refractivity contribution in [1.29, 1.82) is 0 Å². The summed E-state index contributed by atoms with van der Waals surface area (Å²) in [5.41, 5.74) is 4.67. The summed E-state index contributed by atoms with van der Waals surface area (Å²) in [6, 6.07) is 21.9. The van der Waals surface area contributed by atoms with Crippen molar-refractivity contribution in [2.45, 2.75) is 26.3 Å². The van der Waals surface area contributed by atoms with Crippen LogP contribution in [0.1, 0.15) is 41.4 Å². The van der Waals surface area contributed by atoms with E-state index in [0.29, 0.717) is 18.2 Å². The molecule has 0 aliphatic carbocycles. The molecule has 0 bridgehead atoms. The van der Waals surface area contributed by atoms with E-state index in [1.54, 1.807) is 24.2 Å². The third kappa shape index (κ3) is 4.73. The molecule has 1 aromatic heterocycles. The van der Waals surface area contributed by atoms with Crippen LogP contribution in [0.2, 0.25) is 0 Å². The van der Waals surface area contributed by atoms with Gasteiger partial charge in [0, 0.05) is 31.2 Å². The van der Waals surface area contributed by atoms with Crippen molar-refractivity contribution in [3.8, 4) is 0 Å². The van der Waals surface area contributed by atoms with Gasteiger partial charge in [-0.25, -0.2) is 0 Å². The van der Waals surface area contributed by atoms with Crippen molar-refractivity contribution >= 4 is 17.3 Å². The number of carbonyl (C=O) groups is 1. The maximum absolute atomic E-state index is 12.8. The van der Waals surface area contributed by atoms with Crippen molar-refractivity contribution in [3.05, 3.63) is 89.7 Å². The first-order valence-corrected chi connectivity index (χ1v) is 9.16. The second-order valence-electron chi connectivity index (χ2n) is 6.94. The third-order valence-electron chi connectivity index (χ3n) is 4.45. The van der Waals surface area contributed by atoms with Crippen LogP contribution < -0.4 is 5.32 Å². The van der Waals surface area contributed by atoms with Gasteiger partial charge in [-0.2, -0.15) is 0 Å². The largest absolute Gasteiger partial charge is 0.355 e. The summed E-state index contributed by atoms with van der Waals surface area (Å²) >= 11 is 0. The van der Waals surface area contributed by atoms with E-state index in [1.165, 1.54) is 5.56 Å². The highest BCUT2D eigenvalue weighted by Crippen LogP contribution is 2.27. The van der Waals surface area contributed by atoms with E-state index in [4.69, 9.17) is 0 Å². The van der Waals surface area contributed by atoms with Crippen LogP contribution in [0, 0.1) is 0 Å². The van der Waals surface area contributed by atoms with E-state index >= 15 is 0 Å². The lowest BCUT2D eigenvalue weighted by Gasteiger charge is -2.18. The lowest BCUT2D eigenvalue weighted by Crippen LogP contribution is -2.27. The first-order valence-electron chi connectivity index (χ1n) is 9.16. The molecule has 0 fully saturated rings. The van der Waals surface area contributed by atoms with E-state index in [-0.39, 0.29) is 5.91 Å². The van der Waals surface area contributed by atoms with Crippen LogP contribution in [0.25, 0.3) is 0 Å². The highest BCUT2D eigenvalue weighted by atomic mass is 16.2. The van der Waals surface area contributed by atoms with Gasteiger partial charge in [-0.15, -0.1) is 0 Å². The molecule has 0 unspecified atom stereocenters. The summed E-state index contributed by atoms with van der Waals surface area (Å²) in [7, 11) is 1.80. The normalized spacial score (nSPS) is 10.7. The second kappa shape index (κ2) is 8.49. The SMILES string of the molecule is CC(C)c1ccccc1Nc1ccnc(C(=O)N(C)Cc2ccccc2)c1. The second-order valence-corrected chi connectivity index (χ2v) is 6.94. The highest BCUT2D eigenvalue weighted by molar-refractivity contribution is 5.93. The Balaban J connectivity index is 1.76. The Morgan fingerprint density at radius 3 is 2.48 bits per heavy atom. The van der Waals surface area contributed by atoms with Gasteiger partial charge in [-0.05, 0) is 35.2 Å². The molecule has 138 valence electrons. The molecular weight excluding hydrogens is 334 g/mol. The van der Waals surface area contributed by atoms with Crippen molar-refractivity contribution in [2.75, 3.05) is 12.4 Å². The molecule has 1 N–H and O–H groups in total. The number of rotatable bonds is 6. The average Bonchev–Trinajstić information content (AvgIpc) is 2.68. The smallest absolute Gasteiger partial charge is 0.272 e. The maximum atomic E-state index is 12.8. The van der Waals surface area contributed by atoms with E-state index in [9.17, 15) is 4.79 Å². The van der Waals surface area contributed by atoms with Crippen LogP contribution in [0.4, 0.5) is 11.4 Å². The summed E-state index contributed by atoms with van der Waals surface area (Å²) in [5, 5.41) is 3.43. The van der Waals surface area contributed by atoms with Crippen LogP contribution in [0.5, 0.6) is 0 Å². The van der Waals surface area contributed by atoms with Gasteiger partial charge in [0.05, 0.1) is 0 Å². The molecule has 1 heterocycles. The lowest BCUT2D eigenvalue weighted by atomic mass is 10.0. The van der Waals surface area contributed by atoms with E-state index in [1.807, 2.05) is 48.5 Å². The van der Waals surface area contributed by atoms with Crippen molar-refractivity contribution in [3.63, 3.8) is 0 Å². The fraction of sp³-hybridized carbons (Fsp3) is 0.217. The number of anilines is 2. The zero-order valence-electron chi connectivity index (χ0n) is 16.0. The van der Waals surface area contributed by atoms with Crippen LogP contribution in [0.3, 0.4) is 0 Å². The molecule has 0 atom stereocenters. The minimum atomic E-state index is -0.0975. The molecule has 0 spiro atoms. The fourth-order valence-corrected chi connectivity index (χ4v) is 3.02. The van der Waals surface area contributed by atoms with Crippen LogP contribution >= 0.6 is 0 Å². The number of aromatic nitrogens is 1. The molecular formula is C23H25N3O. The predicted molar refractivity (Wildman–Crippen MR) is 110 cm³/mol. The Morgan fingerprint density at radius 1 is 1.04 bits per heavy atom. The van der Waals surface area contributed by atoms with Gasteiger partial charge in [0.15, 0.2) is 0 Å². The number of para-hydroxylation sites is 1. The summed E-state index contributed by atoms with van der Waals surface area (Å²) in [6.07, 6.45) is 1.67. The number of hydrogen-bond acceptors (Lipinski definition) is 3. The molecule has 0 radical (unpaired) electrons. The Kier molecular flexibility index (Phi) is 5.87. The minimum Gasteiger partial charge on any atom is -0.355 e. The molecule has 27 heavy (non-hydrogen) atoms. The van der Waals surface area contributed by atoms with Crippen LogP contribution in [-0.4, -0.2) is 22.8 Å². The molecule has 2 aromatic carbocycles. The average molecular weight is 359 g/mol. The predicted octanol–water partition coefficient (Wildman–Crippen LogP) is 5.22. The van der Waals surface area contributed by atoms with Gasteiger partial charge in [0.25, 0.3) is 5.91 Å². The summed E-state index contributed by atoms with van der Waals surface area (Å²) in [6.45, 7) is 4.89. The van der Waals surface area contributed by atoms with E-state index < -0.39 is 0 Å². The first-order chi connectivity index (χ1) is 13.0. The lowest BCUT2D eigenvalue weighted by molar-refractivity contribution is 0.0779. The number of pyridine rings is 1. The van der Waals surface area contributed by atoms with Gasteiger partial charge in [0.1, 0.15) is 5.69 Å². The number of benzene rings is 2. The van der Waals surface area contributed by atoms with Crippen molar-refractivity contribution in [1.82, 2.24) is 9.88 Å². The highest BCUT2D eigenvalue weighted by Gasteiger charge is 2.14. The maximum Gasteiger partial charge on any atom is 0.272 e. The number of amides is 1. The fourth-order valence-electron chi connectivity index (χ4n) is 3.02. The monoisotopic (exact) mass is 359 g/mol. The third-order valence-corrected chi connectivity index (χ3v) is 4.45. The van der Waals surface area contributed by atoms with Gasteiger partial charge in [-0.1, -0.05) is 62.4 Å². The van der Waals surface area contributed by atoms with Crippen molar-refractivity contribution in [2.24, 2.45) is 0 Å². The summed E-state index contributed by atoms with van der Waals surface area (Å²) in [5.74, 6) is 0.313. The Hall–Kier alpha value is -3.14. The molecule has 0 saturated carbocycles. The molecule has 4 nitrogen and oxygen atoms in total. The molecule has 0 aliphatic rings. The van der Waals surface area contributed by atoms with Gasteiger partial charge in [0.2, 0.25) is 0 Å². The zero-order valence-corrected chi connectivity index (χ0v) is 16.0. The number of hydrogen-bond donors (Lipinski definition) is 1. The Morgan fingerprint density at radius 2 is 1.74 bits per heavy atom. The number of carbonyl (C=O) groups excluding carboxylic acids is 1. The van der Waals surface area contributed by atoms with Crippen LogP contribution in [0.15, 0.2) is 72.9 Å². The van der Waals surface area contributed by atoms with Crippen LogP contribution in [-0.2, 0) is 6.54 Å². The summed E-state index contributed by atoms with van der Waals surface area (Å²) < 4.78 is 0. The molecule has 0 aliphatic heterocycles. The zero-order chi connectivity index (χ0) is 19.2. The van der Waals surface area contributed by atoms with Gasteiger partial charge in [-0.3, -0.25) is 9.78 Å². The van der Waals surface area contributed by atoms with Gasteiger partial charge < -0.3 is 10.2 Å². The molecule has 4 heteroatoms. The number of nitrogens with one attached hydrogen (secondary N) is 1. The topological polar surface area (TPSA) is 45.2 Å². The van der Waals surface area contributed by atoms with E-state index in [2.05, 4.69) is 36.3 Å². The number of nitrogens with zero attached hydrogens (tertiary/aromatic N) is 2. The summed E-state index contributed by atoms with van der Waals surface area (Å²) in [4.78, 5) is 18.7. The Bertz CT molecular complexity index is 906. The first kappa shape index (κ1) is 18.6. The molecule has 3 aromatic rings. The van der Waals surface area contributed by atoms with Crippen molar-refractivity contribution < 1.29 is 4.79 Å². The Labute approximate surface area is 160 Å². The van der Waals surface area contributed by atoms with Gasteiger partial charge >= 0.3 is 0 Å². The minimum absolute atomic E-state index is 0.0975. The molecule has 3 rings (SSSR count). The standard InChI is InChI=1S/C23H25N3O/c1-17(2)20-11-7-8-12-21(20)25-19-13-14-24-22(15-19)23(27)26(3)16-18-9-5-4-6-10-18/h4-15,17H,16H2,1-3H3,(H,24,25).